The summed E-state index contributed by atoms with van der Waals surface area (Å²) in [6.07, 6.45) is 0.905. The van der Waals surface area contributed by atoms with Crippen LogP contribution in [-0.2, 0) is 6.42 Å². The summed E-state index contributed by atoms with van der Waals surface area (Å²) in [4.78, 5) is 4.85. The molecule has 2 aromatic heterocycles. The van der Waals surface area contributed by atoms with Gasteiger partial charge in [0.25, 0.3) is 0 Å². The zero-order chi connectivity index (χ0) is 49.0. The van der Waals surface area contributed by atoms with Gasteiger partial charge in [-0.2, -0.15) is 0 Å². The Kier molecular flexibility index (Phi) is 10.9. The Hall–Kier alpha value is -9.22. The summed E-state index contributed by atoms with van der Waals surface area (Å²) in [6, 6.07) is 102. The molecule has 0 aliphatic rings. The first-order valence-corrected chi connectivity index (χ1v) is 26.3. The molecule has 1 atom stereocenters. The Morgan fingerprint density at radius 1 is 0.338 bits per heavy atom. The molecule has 2 heterocycles. The van der Waals surface area contributed by atoms with Gasteiger partial charge in [-0.25, -0.2) is 0 Å². The lowest BCUT2D eigenvalue weighted by Crippen LogP contribution is -2.13. The summed E-state index contributed by atoms with van der Waals surface area (Å²) < 4.78 is 4.95. The van der Waals surface area contributed by atoms with E-state index in [-0.39, 0.29) is 5.92 Å². The van der Waals surface area contributed by atoms with Crippen molar-refractivity contribution in [1.29, 1.82) is 0 Å². The molecule has 0 bridgehead atoms. The van der Waals surface area contributed by atoms with Crippen molar-refractivity contribution >= 4 is 109 Å². The highest BCUT2D eigenvalue weighted by atomic mass is 32.1. The fraction of sp³-hybridized carbons (Fsp3) is 0.0286. The maximum absolute atomic E-state index is 2.45. The fourth-order valence-electron chi connectivity index (χ4n) is 11.5. The second kappa shape index (κ2) is 18.4. The van der Waals surface area contributed by atoms with Gasteiger partial charge in [0, 0.05) is 76.4 Å². The van der Waals surface area contributed by atoms with Crippen LogP contribution in [0.3, 0.4) is 0 Å². The first-order valence-electron chi connectivity index (χ1n) is 25.5. The Morgan fingerprint density at radius 2 is 0.919 bits per heavy atom. The quantitative estimate of drug-likeness (QED) is 0.128. The van der Waals surface area contributed by atoms with Crippen molar-refractivity contribution in [2.24, 2.45) is 0 Å². The highest BCUT2D eigenvalue weighted by Crippen LogP contribution is 2.46. The summed E-state index contributed by atoms with van der Waals surface area (Å²) in [7, 11) is 0. The van der Waals surface area contributed by atoms with Crippen LogP contribution in [0.1, 0.15) is 22.6 Å². The first kappa shape index (κ1) is 43.6. The van der Waals surface area contributed by atoms with Crippen molar-refractivity contribution in [3.8, 4) is 5.69 Å². The van der Waals surface area contributed by atoms with Gasteiger partial charge in [-0.3, -0.25) is 0 Å². The van der Waals surface area contributed by atoms with Crippen LogP contribution >= 0.6 is 11.3 Å². The van der Waals surface area contributed by atoms with Crippen LogP contribution in [0, 0.1) is 0 Å². The highest BCUT2D eigenvalue weighted by molar-refractivity contribution is 7.25. The van der Waals surface area contributed by atoms with Crippen molar-refractivity contribution in [3.63, 3.8) is 0 Å². The standard InChI is InChI=1S/C70H49N3S/c1-4-19-51(20-5-1)63(60-34-16-23-49-21-10-12-31-58(49)60)43-48-37-42-69-65(44-48)62-40-38-57(47-70(62)74-69)71(52-25-6-2-7-26-52)54-29-18-30-55(45-54)72(66-36-17-24-50-22-11-13-32-59(50)66)56-39-41-68-64(46-56)61-33-14-15-35-67(61)73(68)53-27-8-3-9-28-53/h1-42,44-47,63H,43H2. The Morgan fingerprint density at radius 3 is 1.73 bits per heavy atom. The van der Waals surface area contributed by atoms with Crippen LogP contribution in [0.25, 0.3) is 69.2 Å². The number of nitrogens with zero attached hydrogens (tertiary/aromatic N) is 3. The molecule has 0 aliphatic heterocycles. The highest BCUT2D eigenvalue weighted by Gasteiger charge is 2.23. The zero-order valence-electron chi connectivity index (χ0n) is 40.6. The predicted molar refractivity (Wildman–Crippen MR) is 316 cm³/mol. The third kappa shape index (κ3) is 7.67. The predicted octanol–water partition coefficient (Wildman–Crippen LogP) is 19.8. The summed E-state index contributed by atoms with van der Waals surface area (Å²) in [6.45, 7) is 0. The minimum atomic E-state index is 0.215. The van der Waals surface area contributed by atoms with Gasteiger partial charge in [-0.05, 0) is 136 Å². The number of hydrogen-bond donors (Lipinski definition) is 0. The Bertz CT molecular complexity index is 4360. The fourth-order valence-corrected chi connectivity index (χ4v) is 12.7. The summed E-state index contributed by atoms with van der Waals surface area (Å²) in [5.41, 5.74) is 14.1. The molecule has 0 N–H and O–H groups in total. The van der Waals surface area contributed by atoms with E-state index in [1.807, 2.05) is 11.3 Å². The smallest absolute Gasteiger partial charge is 0.0542 e. The van der Waals surface area contributed by atoms with Crippen LogP contribution in [0.15, 0.2) is 279 Å². The molecular weight excluding hydrogens is 915 g/mol. The normalized spacial score (nSPS) is 12.1. The van der Waals surface area contributed by atoms with Crippen molar-refractivity contribution in [1.82, 2.24) is 4.57 Å². The largest absolute Gasteiger partial charge is 0.310 e. The average molecular weight is 964 g/mol. The number of para-hydroxylation sites is 3. The molecule has 0 aliphatic carbocycles. The van der Waals surface area contributed by atoms with E-state index >= 15 is 0 Å². The van der Waals surface area contributed by atoms with Crippen LogP contribution in [0.4, 0.5) is 34.1 Å². The van der Waals surface area contributed by atoms with E-state index in [0.717, 1.165) is 46.2 Å². The lowest BCUT2D eigenvalue weighted by atomic mass is 9.83. The first-order chi connectivity index (χ1) is 36.7. The number of hydrogen-bond acceptors (Lipinski definition) is 3. The van der Waals surface area contributed by atoms with Crippen molar-refractivity contribution in [3.05, 3.63) is 296 Å². The SMILES string of the molecule is c1ccc(C(Cc2ccc3sc4cc(N(c5ccccc5)c5cccc(N(c6ccc7c(c6)c6ccccc6n7-c6ccccc6)c6cccc7ccccc67)c5)ccc4c3c2)c2cccc3ccccc23)cc1. The minimum Gasteiger partial charge on any atom is -0.310 e. The van der Waals surface area contributed by atoms with Gasteiger partial charge in [-0.1, -0.05) is 182 Å². The Labute approximate surface area is 434 Å². The van der Waals surface area contributed by atoms with E-state index in [4.69, 9.17) is 0 Å². The lowest BCUT2D eigenvalue weighted by Gasteiger charge is -2.30. The molecule has 0 radical (unpaired) electrons. The molecule has 0 saturated heterocycles. The molecule has 0 saturated carbocycles. The van der Waals surface area contributed by atoms with Gasteiger partial charge in [0.15, 0.2) is 0 Å². The third-order valence-corrected chi connectivity index (χ3v) is 16.0. The number of anilines is 6. The molecule has 3 nitrogen and oxygen atoms in total. The Balaban J connectivity index is 0.882. The molecule has 12 aromatic carbocycles. The van der Waals surface area contributed by atoms with E-state index in [2.05, 4.69) is 293 Å². The molecule has 74 heavy (non-hydrogen) atoms. The van der Waals surface area contributed by atoms with Crippen molar-refractivity contribution in [2.75, 3.05) is 9.80 Å². The number of fused-ring (bicyclic) bond motifs is 8. The second-order valence-corrected chi connectivity index (χ2v) is 20.3. The summed E-state index contributed by atoms with van der Waals surface area (Å²) in [5.74, 6) is 0.215. The third-order valence-electron chi connectivity index (χ3n) is 14.9. The maximum atomic E-state index is 2.45. The molecule has 350 valence electrons. The number of thiophene rings is 1. The number of aromatic nitrogens is 1. The summed E-state index contributed by atoms with van der Waals surface area (Å²) >= 11 is 1.87. The summed E-state index contributed by atoms with van der Waals surface area (Å²) in [5, 5.41) is 10.0. The topological polar surface area (TPSA) is 11.4 Å². The molecule has 14 aromatic rings. The van der Waals surface area contributed by atoms with Gasteiger partial charge in [0.05, 0.1) is 16.7 Å². The molecule has 0 amide bonds. The van der Waals surface area contributed by atoms with E-state index in [0.29, 0.717) is 0 Å². The van der Waals surface area contributed by atoms with Crippen LogP contribution in [0.2, 0.25) is 0 Å². The van der Waals surface area contributed by atoms with Crippen LogP contribution in [0.5, 0.6) is 0 Å². The maximum Gasteiger partial charge on any atom is 0.0542 e. The minimum absolute atomic E-state index is 0.215. The molecule has 4 heteroatoms. The molecule has 14 rings (SSSR count). The molecule has 0 fully saturated rings. The zero-order valence-corrected chi connectivity index (χ0v) is 41.4. The van der Waals surface area contributed by atoms with Gasteiger partial charge in [0.1, 0.15) is 0 Å². The van der Waals surface area contributed by atoms with Crippen molar-refractivity contribution in [2.45, 2.75) is 12.3 Å². The monoisotopic (exact) mass is 963 g/mol. The lowest BCUT2D eigenvalue weighted by molar-refractivity contribution is 0.813. The van der Waals surface area contributed by atoms with Gasteiger partial charge >= 0.3 is 0 Å². The second-order valence-electron chi connectivity index (χ2n) is 19.3. The van der Waals surface area contributed by atoms with Crippen LogP contribution < -0.4 is 9.80 Å². The molecule has 0 spiro atoms. The van der Waals surface area contributed by atoms with E-state index in [1.165, 1.54) is 80.2 Å². The van der Waals surface area contributed by atoms with Crippen LogP contribution in [-0.4, -0.2) is 4.57 Å². The molecule has 1 unspecified atom stereocenters. The van der Waals surface area contributed by atoms with E-state index in [9.17, 15) is 0 Å². The van der Waals surface area contributed by atoms with E-state index in [1.54, 1.807) is 0 Å². The number of rotatable bonds is 11. The van der Waals surface area contributed by atoms with Gasteiger partial charge in [0.2, 0.25) is 0 Å². The average Bonchev–Trinajstić information content (AvgIpc) is 4.02. The van der Waals surface area contributed by atoms with E-state index < -0.39 is 0 Å². The van der Waals surface area contributed by atoms with Crippen molar-refractivity contribution < 1.29 is 0 Å². The van der Waals surface area contributed by atoms with Gasteiger partial charge < -0.3 is 14.4 Å². The molecular formula is C70H49N3S. The number of benzene rings is 12. The van der Waals surface area contributed by atoms with Gasteiger partial charge in [-0.15, -0.1) is 11.3 Å².